The largest absolute Gasteiger partial charge is 0.378 e. The molecule has 2 unspecified atom stereocenters. The van der Waals surface area contributed by atoms with Crippen LogP contribution in [0.3, 0.4) is 0 Å². The molecule has 0 amide bonds. The molecule has 106 valence electrons. The Morgan fingerprint density at radius 1 is 1.28 bits per heavy atom. The van der Waals surface area contributed by atoms with E-state index in [1.54, 1.807) is 0 Å². The maximum Gasteiger partial charge on any atom is 0.0645 e. The van der Waals surface area contributed by atoms with E-state index < -0.39 is 0 Å². The fourth-order valence-corrected chi connectivity index (χ4v) is 3.36. The predicted molar refractivity (Wildman–Crippen MR) is 75.9 cm³/mol. The number of likely N-dealkylation sites (N-methyl/N-ethyl adjacent to an activating group) is 1. The van der Waals surface area contributed by atoms with Crippen molar-refractivity contribution in [2.45, 2.75) is 57.7 Å². The fourth-order valence-electron chi connectivity index (χ4n) is 3.36. The molecule has 0 aliphatic carbocycles. The maximum absolute atomic E-state index is 5.81. The van der Waals surface area contributed by atoms with Gasteiger partial charge < -0.3 is 9.64 Å². The van der Waals surface area contributed by atoms with Crippen molar-refractivity contribution < 1.29 is 4.74 Å². The zero-order valence-corrected chi connectivity index (χ0v) is 12.8. The van der Waals surface area contributed by atoms with Crippen molar-refractivity contribution in [3.05, 3.63) is 0 Å². The van der Waals surface area contributed by atoms with Crippen LogP contribution in [0.5, 0.6) is 0 Å². The van der Waals surface area contributed by atoms with Crippen molar-refractivity contribution in [3.63, 3.8) is 0 Å². The SMILES string of the molecule is C[C@H]1CC(CC2COCC(C)(C)N2C)CCN1C. The number of rotatable bonds is 2. The summed E-state index contributed by atoms with van der Waals surface area (Å²) < 4.78 is 5.81. The molecule has 3 nitrogen and oxygen atoms in total. The van der Waals surface area contributed by atoms with Gasteiger partial charge >= 0.3 is 0 Å². The highest BCUT2D eigenvalue weighted by atomic mass is 16.5. The van der Waals surface area contributed by atoms with Crippen LogP contribution in [0.25, 0.3) is 0 Å². The molecule has 0 saturated carbocycles. The molecule has 2 saturated heterocycles. The molecule has 0 bridgehead atoms. The summed E-state index contributed by atoms with van der Waals surface area (Å²) in [6, 6.07) is 1.35. The molecule has 0 N–H and O–H groups in total. The lowest BCUT2D eigenvalue weighted by molar-refractivity contribution is -0.0842. The smallest absolute Gasteiger partial charge is 0.0645 e. The van der Waals surface area contributed by atoms with E-state index in [0.29, 0.717) is 6.04 Å². The minimum Gasteiger partial charge on any atom is -0.378 e. The van der Waals surface area contributed by atoms with Gasteiger partial charge in [-0.1, -0.05) is 0 Å². The van der Waals surface area contributed by atoms with Gasteiger partial charge in [0.05, 0.1) is 13.2 Å². The molecule has 3 heteroatoms. The Hall–Kier alpha value is -0.120. The van der Waals surface area contributed by atoms with E-state index in [1.165, 1.54) is 25.8 Å². The third kappa shape index (κ3) is 3.06. The number of hydrogen-bond acceptors (Lipinski definition) is 3. The minimum atomic E-state index is 0.194. The van der Waals surface area contributed by atoms with Crippen LogP contribution in [-0.4, -0.2) is 61.3 Å². The van der Waals surface area contributed by atoms with E-state index in [0.717, 1.165) is 25.2 Å². The van der Waals surface area contributed by atoms with E-state index in [-0.39, 0.29) is 5.54 Å². The normalized spacial score (nSPS) is 38.8. The summed E-state index contributed by atoms with van der Waals surface area (Å²) in [5, 5.41) is 0. The van der Waals surface area contributed by atoms with Gasteiger partial charge in [-0.3, -0.25) is 4.90 Å². The molecule has 0 aromatic rings. The van der Waals surface area contributed by atoms with Crippen LogP contribution >= 0.6 is 0 Å². The topological polar surface area (TPSA) is 15.7 Å². The molecule has 2 aliphatic heterocycles. The summed E-state index contributed by atoms with van der Waals surface area (Å²) in [5.41, 5.74) is 0.194. The lowest BCUT2D eigenvalue weighted by Crippen LogP contribution is -2.57. The Balaban J connectivity index is 1.89. The van der Waals surface area contributed by atoms with Crippen molar-refractivity contribution in [2.75, 3.05) is 33.9 Å². The summed E-state index contributed by atoms with van der Waals surface area (Å²) >= 11 is 0. The van der Waals surface area contributed by atoms with Crippen molar-refractivity contribution in [2.24, 2.45) is 5.92 Å². The van der Waals surface area contributed by atoms with Crippen molar-refractivity contribution in [1.29, 1.82) is 0 Å². The molecule has 2 aliphatic rings. The van der Waals surface area contributed by atoms with E-state index in [9.17, 15) is 0 Å². The van der Waals surface area contributed by atoms with E-state index in [2.05, 4.69) is 44.7 Å². The van der Waals surface area contributed by atoms with Gasteiger partial charge in [-0.2, -0.15) is 0 Å². The van der Waals surface area contributed by atoms with Crippen LogP contribution < -0.4 is 0 Å². The highest BCUT2D eigenvalue weighted by Crippen LogP contribution is 2.30. The van der Waals surface area contributed by atoms with E-state index >= 15 is 0 Å². The highest BCUT2D eigenvalue weighted by molar-refractivity contribution is 4.90. The Bertz CT molecular complexity index is 280. The first kappa shape index (κ1) is 14.3. The van der Waals surface area contributed by atoms with Gasteiger partial charge in [0, 0.05) is 17.6 Å². The Labute approximate surface area is 112 Å². The molecule has 0 radical (unpaired) electrons. The Morgan fingerprint density at radius 3 is 2.67 bits per heavy atom. The number of piperidine rings is 1. The van der Waals surface area contributed by atoms with Gasteiger partial charge in [-0.25, -0.2) is 0 Å². The molecule has 0 aromatic heterocycles. The fraction of sp³-hybridized carbons (Fsp3) is 1.00. The monoisotopic (exact) mass is 254 g/mol. The zero-order chi connectivity index (χ0) is 13.3. The summed E-state index contributed by atoms with van der Waals surface area (Å²) in [4.78, 5) is 5.03. The van der Waals surface area contributed by atoms with E-state index in [4.69, 9.17) is 4.74 Å². The van der Waals surface area contributed by atoms with Crippen molar-refractivity contribution in [1.82, 2.24) is 9.80 Å². The first-order chi connectivity index (χ1) is 8.40. The van der Waals surface area contributed by atoms with Gasteiger partial charge in [0.15, 0.2) is 0 Å². The second-order valence-electron chi connectivity index (χ2n) is 7.05. The molecule has 18 heavy (non-hydrogen) atoms. The maximum atomic E-state index is 5.81. The van der Waals surface area contributed by atoms with Crippen LogP contribution in [0.15, 0.2) is 0 Å². The first-order valence-electron chi connectivity index (χ1n) is 7.41. The van der Waals surface area contributed by atoms with Crippen LogP contribution in [0.2, 0.25) is 0 Å². The molecular formula is C15H30N2O. The van der Waals surface area contributed by atoms with Crippen LogP contribution in [0.4, 0.5) is 0 Å². The summed E-state index contributed by atoms with van der Waals surface area (Å²) in [6.07, 6.45) is 4.00. The van der Waals surface area contributed by atoms with Gasteiger partial charge in [-0.05, 0) is 66.6 Å². The number of likely N-dealkylation sites (tertiary alicyclic amines) is 1. The van der Waals surface area contributed by atoms with Crippen LogP contribution in [-0.2, 0) is 4.74 Å². The number of hydrogen-bond donors (Lipinski definition) is 0. The van der Waals surface area contributed by atoms with Gasteiger partial charge in [0.2, 0.25) is 0 Å². The average molecular weight is 254 g/mol. The Morgan fingerprint density at radius 2 is 2.00 bits per heavy atom. The quantitative estimate of drug-likeness (QED) is 0.751. The third-order valence-electron chi connectivity index (χ3n) is 5.19. The minimum absolute atomic E-state index is 0.194. The second-order valence-corrected chi connectivity index (χ2v) is 7.05. The molecule has 2 rings (SSSR count). The molecule has 2 fully saturated rings. The average Bonchev–Trinajstić information content (AvgIpc) is 2.30. The van der Waals surface area contributed by atoms with Crippen molar-refractivity contribution >= 4 is 0 Å². The lowest BCUT2D eigenvalue weighted by Gasteiger charge is -2.47. The third-order valence-corrected chi connectivity index (χ3v) is 5.19. The van der Waals surface area contributed by atoms with Crippen LogP contribution in [0, 0.1) is 5.92 Å². The Kier molecular flexibility index (Phi) is 4.35. The zero-order valence-electron chi connectivity index (χ0n) is 12.8. The molecular weight excluding hydrogens is 224 g/mol. The standard InChI is InChI=1S/C15H30N2O/c1-12-8-13(6-7-16(12)4)9-14-10-18-11-15(2,3)17(14)5/h12-14H,6-11H2,1-5H3/t12-,13?,14?/m0/s1. The predicted octanol–water partition coefficient (Wildman–Crippen LogP) is 2.22. The summed E-state index contributed by atoms with van der Waals surface area (Å²) in [7, 11) is 4.52. The molecule has 0 aromatic carbocycles. The second kappa shape index (κ2) is 5.48. The molecule has 0 spiro atoms. The van der Waals surface area contributed by atoms with E-state index in [1.807, 2.05) is 0 Å². The summed E-state index contributed by atoms with van der Waals surface area (Å²) in [6.45, 7) is 9.97. The number of ether oxygens (including phenoxy) is 1. The highest BCUT2D eigenvalue weighted by Gasteiger charge is 2.36. The summed E-state index contributed by atoms with van der Waals surface area (Å²) in [5.74, 6) is 0.876. The molecule has 3 atom stereocenters. The molecule has 2 heterocycles. The van der Waals surface area contributed by atoms with Crippen LogP contribution in [0.1, 0.15) is 40.0 Å². The number of nitrogens with zero attached hydrogens (tertiary/aromatic N) is 2. The number of morpholine rings is 1. The van der Waals surface area contributed by atoms with Gasteiger partial charge in [0.1, 0.15) is 0 Å². The first-order valence-corrected chi connectivity index (χ1v) is 7.41. The van der Waals surface area contributed by atoms with Gasteiger partial charge in [0.25, 0.3) is 0 Å². The van der Waals surface area contributed by atoms with Gasteiger partial charge in [-0.15, -0.1) is 0 Å². The lowest BCUT2D eigenvalue weighted by atomic mass is 9.85. The van der Waals surface area contributed by atoms with Crippen molar-refractivity contribution in [3.8, 4) is 0 Å².